The SMILES string of the molecule is C=CC(CCC(=C/C)/C(F)=C(\C(C)=C/C)C(C)CCOCC(C)c1ccc(C(F)(F)C=C)cc1)CC1CCOCC1. The van der Waals surface area contributed by atoms with Gasteiger partial charge in [-0.2, -0.15) is 8.78 Å². The van der Waals surface area contributed by atoms with Crippen LogP contribution in [-0.4, -0.2) is 26.4 Å². The van der Waals surface area contributed by atoms with E-state index < -0.39 is 5.92 Å². The van der Waals surface area contributed by atoms with Crippen LogP contribution < -0.4 is 0 Å². The molecule has 1 saturated heterocycles. The first kappa shape index (κ1) is 34.8. The quantitative estimate of drug-likeness (QED) is 0.105. The molecular formula is C36H51F3O2. The molecule has 3 atom stereocenters. The van der Waals surface area contributed by atoms with Crippen molar-refractivity contribution in [2.24, 2.45) is 17.8 Å². The van der Waals surface area contributed by atoms with Gasteiger partial charge in [0.05, 0.1) is 6.61 Å². The number of hydrogen-bond acceptors (Lipinski definition) is 2. The summed E-state index contributed by atoms with van der Waals surface area (Å²) < 4.78 is 55.2. The molecule has 1 aromatic rings. The average molecular weight is 573 g/mol. The monoisotopic (exact) mass is 572 g/mol. The molecule has 3 unspecified atom stereocenters. The van der Waals surface area contributed by atoms with Gasteiger partial charge in [-0.1, -0.05) is 62.9 Å². The average Bonchev–Trinajstić information content (AvgIpc) is 2.99. The zero-order valence-electron chi connectivity index (χ0n) is 25.9. The number of halogens is 3. The van der Waals surface area contributed by atoms with Gasteiger partial charge in [-0.05, 0) is 105 Å². The highest BCUT2D eigenvalue weighted by molar-refractivity contribution is 5.41. The molecule has 1 fully saturated rings. The van der Waals surface area contributed by atoms with Crippen molar-refractivity contribution in [3.8, 4) is 0 Å². The van der Waals surface area contributed by atoms with E-state index in [-0.39, 0.29) is 23.2 Å². The van der Waals surface area contributed by atoms with Crippen molar-refractivity contribution in [2.75, 3.05) is 26.4 Å². The fourth-order valence-electron chi connectivity index (χ4n) is 5.48. The van der Waals surface area contributed by atoms with E-state index in [1.54, 1.807) is 12.1 Å². The van der Waals surface area contributed by atoms with Crippen molar-refractivity contribution in [2.45, 2.75) is 85.0 Å². The Morgan fingerprint density at radius 3 is 2.29 bits per heavy atom. The largest absolute Gasteiger partial charge is 0.381 e. The second-order valence-electron chi connectivity index (χ2n) is 11.5. The number of ether oxygens (including phenoxy) is 2. The van der Waals surface area contributed by atoms with E-state index in [1.807, 2.05) is 45.9 Å². The van der Waals surface area contributed by atoms with Crippen LogP contribution in [0.25, 0.3) is 0 Å². The lowest BCUT2D eigenvalue weighted by atomic mass is 9.84. The third kappa shape index (κ3) is 10.8. The van der Waals surface area contributed by atoms with Crippen molar-refractivity contribution < 1.29 is 22.6 Å². The van der Waals surface area contributed by atoms with E-state index in [1.165, 1.54) is 12.1 Å². The normalized spacial score (nSPS) is 18.4. The summed E-state index contributed by atoms with van der Waals surface area (Å²) >= 11 is 0. The van der Waals surface area contributed by atoms with Crippen molar-refractivity contribution in [1.29, 1.82) is 0 Å². The molecule has 41 heavy (non-hydrogen) atoms. The molecule has 0 spiro atoms. The number of hydrogen-bond donors (Lipinski definition) is 0. The Morgan fingerprint density at radius 2 is 1.73 bits per heavy atom. The Balaban J connectivity index is 1.97. The fourth-order valence-corrected chi connectivity index (χ4v) is 5.48. The van der Waals surface area contributed by atoms with Gasteiger partial charge in [-0.25, -0.2) is 4.39 Å². The molecule has 0 amide bonds. The Morgan fingerprint density at radius 1 is 1.07 bits per heavy atom. The van der Waals surface area contributed by atoms with Crippen LogP contribution in [0.3, 0.4) is 0 Å². The van der Waals surface area contributed by atoms with Gasteiger partial charge in [0.1, 0.15) is 5.83 Å². The molecule has 0 bridgehead atoms. The lowest BCUT2D eigenvalue weighted by Crippen LogP contribution is -2.18. The van der Waals surface area contributed by atoms with E-state index in [4.69, 9.17) is 9.47 Å². The zero-order chi connectivity index (χ0) is 30.4. The molecule has 1 aliphatic heterocycles. The van der Waals surface area contributed by atoms with Crippen LogP contribution in [0, 0.1) is 17.8 Å². The van der Waals surface area contributed by atoms with E-state index in [0.717, 1.165) is 61.2 Å². The summed E-state index contributed by atoms with van der Waals surface area (Å²) in [6.45, 7) is 19.8. The van der Waals surface area contributed by atoms with Crippen molar-refractivity contribution in [3.63, 3.8) is 0 Å². The maximum atomic E-state index is 16.1. The summed E-state index contributed by atoms with van der Waals surface area (Å²) in [5, 5.41) is 0. The predicted molar refractivity (Wildman–Crippen MR) is 166 cm³/mol. The highest BCUT2D eigenvalue weighted by Gasteiger charge is 2.27. The molecular weight excluding hydrogens is 521 g/mol. The Labute approximate surface area is 247 Å². The maximum absolute atomic E-state index is 16.1. The first-order valence-corrected chi connectivity index (χ1v) is 15.2. The molecule has 0 N–H and O–H groups in total. The van der Waals surface area contributed by atoms with E-state index in [0.29, 0.717) is 44.0 Å². The third-order valence-corrected chi connectivity index (χ3v) is 8.50. The molecule has 2 nitrogen and oxygen atoms in total. The smallest absolute Gasteiger partial charge is 0.291 e. The van der Waals surface area contributed by atoms with Gasteiger partial charge in [0.15, 0.2) is 0 Å². The number of allylic oxidation sites excluding steroid dienone is 8. The lowest BCUT2D eigenvalue weighted by molar-refractivity contribution is 0.0525. The molecule has 1 heterocycles. The summed E-state index contributed by atoms with van der Waals surface area (Å²) in [6, 6.07) is 6.31. The number of alkyl halides is 2. The standard InChI is InChI=1S/C36H51F3O2/c1-8-26(5)34(35(37)31(10-3)13-12-29(9-2)24-30-19-22-40-23-20-30)27(6)18-21-41-25-28(7)32-14-16-33(17-15-32)36(38,39)11-4/h8-11,14-17,27-30H,2,4,12-13,18-25H2,1,3,5-7H3/b26-8-,31-10-,35-34-. The molecule has 0 aliphatic carbocycles. The minimum absolute atomic E-state index is 0.0192. The summed E-state index contributed by atoms with van der Waals surface area (Å²) in [5.74, 6) is -2.09. The van der Waals surface area contributed by atoms with Crippen LogP contribution >= 0.6 is 0 Å². The Bertz CT molecular complexity index is 1050. The van der Waals surface area contributed by atoms with E-state index in [2.05, 4.69) is 20.1 Å². The molecule has 5 heteroatoms. The number of benzene rings is 1. The summed E-state index contributed by atoms with van der Waals surface area (Å²) in [5.41, 5.74) is 3.31. The summed E-state index contributed by atoms with van der Waals surface area (Å²) in [6.07, 6.45) is 12.1. The summed E-state index contributed by atoms with van der Waals surface area (Å²) in [7, 11) is 0. The number of rotatable bonds is 17. The molecule has 1 aromatic carbocycles. The maximum Gasteiger partial charge on any atom is 0.291 e. The van der Waals surface area contributed by atoms with Crippen molar-refractivity contribution in [3.05, 3.63) is 95.4 Å². The Kier molecular flexibility index (Phi) is 14.9. The van der Waals surface area contributed by atoms with Crippen molar-refractivity contribution >= 4 is 0 Å². The van der Waals surface area contributed by atoms with Crippen LogP contribution in [0.5, 0.6) is 0 Å². The molecule has 0 saturated carbocycles. The molecule has 0 aromatic heterocycles. The van der Waals surface area contributed by atoms with Crippen molar-refractivity contribution in [1.82, 2.24) is 0 Å². The fraction of sp³-hybridized carbons (Fsp3) is 0.556. The van der Waals surface area contributed by atoms with Gasteiger partial charge in [0.25, 0.3) is 5.92 Å². The highest BCUT2D eigenvalue weighted by Crippen LogP contribution is 2.35. The van der Waals surface area contributed by atoms with Crippen LogP contribution in [0.4, 0.5) is 13.2 Å². The minimum Gasteiger partial charge on any atom is -0.381 e. The van der Waals surface area contributed by atoms with Gasteiger partial charge in [0.2, 0.25) is 0 Å². The molecule has 1 aliphatic rings. The zero-order valence-corrected chi connectivity index (χ0v) is 25.9. The third-order valence-electron chi connectivity index (χ3n) is 8.50. The molecule has 2 rings (SSSR count). The van der Waals surface area contributed by atoms with Crippen LogP contribution in [-0.2, 0) is 15.4 Å². The first-order valence-electron chi connectivity index (χ1n) is 15.2. The topological polar surface area (TPSA) is 18.5 Å². The van der Waals surface area contributed by atoms with Crippen LogP contribution in [0.15, 0.2) is 84.3 Å². The van der Waals surface area contributed by atoms with Gasteiger partial charge in [-0.3, -0.25) is 0 Å². The Hall–Kier alpha value is -2.37. The minimum atomic E-state index is -3.04. The summed E-state index contributed by atoms with van der Waals surface area (Å²) in [4.78, 5) is 0. The van der Waals surface area contributed by atoms with Gasteiger partial charge in [0, 0.05) is 31.3 Å². The van der Waals surface area contributed by atoms with E-state index >= 15 is 4.39 Å². The second kappa shape index (κ2) is 17.6. The molecule has 0 radical (unpaired) electrons. The van der Waals surface area contributed by atoms with Gasteiger partial charge in [-0.15, -0.1) is 6.58 Å². The second-order valence-corrected chi connectivity index (χ2v) is 11.5. The van der Waals surface area contributed by atoms with Crippen LogP contribution in [0.1, 0.15) is 90.2 Å². The van der Waals surface area contributed by atoms with E-state index in [9.17, 15) is 8.78 Å². The van der Waals surface area contributed by atoms with Gasteiger partial charge < -0.3 is 9.47 Å². The van der Waals surface area contributed by atoms with Crippen LogP contribution in [0.2, 0.25) is 0 Å². The first-order chi connectivity index (χ1) is 19.6. The predicted octanol–water partition coefficient (Wildman–Crippen LogP) is 10.6. The lowest BCUT2D eigenvalue weighted by Gasteiger charge is -2.25. The highest BCUT2D eigenvalue weighted by atomic mass is 19.3. The molecule has 228 valence electrons. The van der Waals surface area contributed by atoms with Gasteiger partial charge >= 0.3 is 0 Å².